The molecular formula is C24H32N2O7S. The number of benzene rings is 2. The van der Waals surface area contributed by atoms with E-state index in [1.807, 2.05) is 12.1 Å². The van der Waals surface area contributed by atoms with Gasteiger partial charge in [0.25, 0.3) is 0 Å². The minimum atomic E-state index is -3.50. The van der Waals surface area contributed by atoms with Crippen molar-refractivity contribution < 1.29 is 32.2 Å². The first kappa shape index (κ1) is 25.8. The summed E-state index contributed by atoms with van der Waals surface area (Å²) in [6.07, 6.45) is 1.15. The number of hydrogen-bond acceptors (Lipinski definition) is 9. The zero-order valence-electron chi connectivity index (χ0n) is 20.3. The van der Waals surface area contributed by atoms with Gasteiger partial charge in [0.2, 0.25) is 5.75 Å². The predicted molar refractivity (Wildman–Crippen MR) is 128 cm³/mol. The molecule has 10 heteroatoms. The van der Waals surface area contributed by atoms with Gasteiger partial charge in [-0.25, -0.2) is 13.2 Å². The van der Waals surface area contributed by atoms with Gasteiger partial charge in [0, 0.05) is 51.1 Å². The quantitative estimate of drug-likeness (QED) is 0.488. The number of piperazine rings is 1. The molecule has 2 aromatic rings. The van der Waals surface area contributed by atoms with Crippen LogP contribution in [0.3, 0.4) is 0 Å². The monoisotopic (exact) mass is 492 g/mol. The van der Waals surface area contributed by atoms with Crippen LogP contribution in [0.2, 0.25) is 0 Å². The van der Waals surface area contributed by atoms with Crippen molar-refractivity contribution in [3.63, 3.8) is 0 Å². The van der Waals surface area contributed by atoms with Crippen molar-refractivity contribution in [1.29, 1.82) is 0 Å². The molecular weight excluding hydrogens is 460 g/mol. The Bertz CT molecular complexity index is 1130. The molecule has 0 amide bonds. The first-order chi connectivity index (χ1) is 16.2. The van der Waals surface area contributed by atoms with Crippen molar-refractivity contribution >= 4 is 15.8 Å². The Morgan fingerprint density at radius 3 is 1.88 bits per heavy atom. The molecule has 9 nitrogen and oxygen atoms in total. The van der Waals surface area contributed by atoms with E-state index in [0.717, 1.165) is 38.0 Å². The van der Waals surface area contributed by atoms with Gasteiger partial charge < -0.3 is 18.9 Å². The molecule has 186 valence electrons. The molecule has 0 atom stereocenters. The average molecular weight is 493 g/mol. The van der Waals surface area contributed by atoms with Crippen molar-refractivity contribution in [2.24, 2.45) is 0 Å². The molecule has 34 heavy (non-hydrogen) atoms. The molecule has 1 saturated heterocycles. The van der Waals surface area contributed by atoms with E-state index >= 15 is 0 Å². The van der Waals surface area contributed by atoms with E-state index in [2.05, 4.69) is 9.80 Å². The van der Waals surface area contributed by atoms with Crippen LogP contribution in [0.4, 0.5) is 0 Å². The average Bonchev–Trinajstić information content (AvgIpc) is 2.83. The maximum Gasteiger partial charge on any atom is 0.337 e. The van der Waals surface area contributed by atoms with Crippen LogP contribution in [0.15, 0.2) is 35.2 Å². The number of nitrogens with zero attached hydrogens (tertiary/aromatic N) is 2. The Labute approximate surface area is 201 Å². The zero-order valence-corrected chi connectivity index (χ0v) is 21.1. The molecule has 0 aliphatic carbocycles. The SMILES string of the molecule is COC(=O)c1ccc(CN2CCN(Cc3ccc(OC)c(OC)c3OC)CC2)c(S(C)(=O)=O)c1. The number of carbonyl (C=O) groups excluding carboxylic acids is 1. The van der Waals surface area contributed by atoms with Crippen LogP contribution in [0.1, 0.15) is 21.5 Å². The van der Waals surface area contributed by atoms with E-state index in [1.165, 1.54) is 13.2 Å². The third kappa shape index (κ3) is 5.81. The minimum absolute atomic E-state index is 0.160. The molecule has 0 unspecified atom stereocenters. The van der Waals surface area contributed by atoms with Crippen molar-refractivity contribution in [3.05, 3.63) is 47.0 Å². The fraction of sp³-hybridized carbons (Fsp3) is 0.458. The molecule has 1 heterocycles. The summed E-state index contributed by atoms with van der Waals surface area (Å²) in [5.74, 6) is 1.29. The van der Waals surface area contributed by atoms with E-state index in [1.54, 1.807) is 33.5 Å². The number of esters is 1. The highest BCUT2D eigenvalue weighted by atomic mass is 32.2. The molecule has 2 aromatic carbocycles. The Balaban J connectivity index is 1.69. The molecule has 1 aliphatic heterocycles. The maximum atomic E-state index is 12.4. The smallest absolute Gasteiger partial charge is 0.337 e. The molecule has 3 rings (SSSR count). The Morgan fingerprint density at radius 2 is 1.38 bits per heavy atom. The number of rotatable bonds is 9. The van der Waals surface area contributed by atoms with Crippen LogP contribution in [0.5, 0.6) is 17.2 Å². The second-order valence-corrected chi connectivity index (χ2v) is 10.1. The largest absolute Gasteiger partial charge is 0.493 e. The van der Waals surface area contributed by atoms with Gasteiger partial charge in [0.05, 0.1) is 38.9 Å². The molecule has 1 aliphatic rings. The first-order valence-electron chi connectivity index (χ1n) is 10.9. The van der Waals surface area contributed by atoms with Crippen LogP contribution >= 0.6 is 0 Å². The Morgan fingerprint density at radius 1 is 0.824 bits per heavy atom. The second kappa shape index (κ2) is 11.1. The van der Waals surface area contributed by atoms with Gasteiger partial charge in [-0.15, -0.1) is 0 Å². The van der Waals surface area contributed by atoms with Crippen LogP contribution in [-0.2, 0) is 27.7 Å². The minimum Gasteiger partial charge on any atom is -0.493 e. The molecule has 0 bridgehead atoms. The van der Waals surface area contributed by atoms with Crippen LogP contribution in [0, 0.1) is 0 Å². The lowest BCUT2D eigenvalue weighted by Gasteiger charge is -2.35. The van der Waals surface area contributed by atoms with Gasteiger partial charge in [0.15, 0.2) is 21.3 Å². The summed E-state index contributed by atoms with van der Waals surface area (Å²) < 4.78 is 45.9. The summed E-state index contributed by atoms with van der Waals surface area (Å²) in [7, 11) is 2.57. The van der Waals surface area contributed by atoms with Crippen molar-refractivity contribution in [2.75, 3.05) is 60.9 Å². The van der Waals surface area contributed by atoms with E-state index in [0.29, 0.717) is 35.9 Å². The number of ether oxygens (including phenoxy) is 4. The second-order valence-electron chi connectivity index (χ2n) is 8.13. The maximum absolute atomic E-state index is 12.4. The van der Waals surface area contributed by atoms with E-state index < -0.39 is 15.8 Å². The van der Waals surface area contributed by atoms with Gasteiger partial charge in [-0.2, -0.15) is 0 Å². The number of methoxy groups -OCH3 is 4. The summed E-state index contributed by atoms with van der Waals surface area (Å²) in [6.45, 7) is 4.35. The molecule has 0 saturated carbocycles. The van der Waals surface area contributed by atoms with Crippen molar-refractivity contribution in [1.82, 2.24) is 9.80 Å². The summed E-state index contributed by atoms with van der Waals surface area (Å²) in [4.78, 5) is 16.5. The first-order valence-corrected chi connectivity index (χ1v) is 12.7. The molecule has 0 aromatic heterocycles. The number of hydrogen-bond donors (Lipinski definition) is 0. The highest BCUT2D eigenvalue weighted by Crippen LogP contribution is 2.40. The topological polar surface area (TPSA) is 94.6 Å². The lowest BCUT2D eigenvalue weighted by Crippen LogP contribution is -2.45. The number of carbonyl (C=O) groups is 1. The highest BCUT2D eigenvalue weighted by molar-refractivity contribution is 7.90. The highest BCUT2D eigenvalue weighted by Gasteiger charge is 2.23. The van der Waals surface area contributed by atoms with Crippen molar-refractivity contribution in [2.45, 2.75) is 18.0 Å². The van der Waals surface area contributed by atoms with Gasteiger partial charge in [-0.05, 0) is 23.8 Å². The van der Waals surface area contributed by atoms with Crippen LogP contribution < -0.4 is 14.2 Å². The van der Waals surface area contributed by atoms with Gasteiger partial charge in [-0.1, -0.05) is 12.1 Å². The normalized spacial score (nSPS) is 15.1. The third-order valence-electron chi connectivity index (χ3n) is 5.93. The third-order valence-corrected chi connectivity index (χ3v) is 7.11. The Hall–Kier alpha value is -2.82. The Kier molecular flexibility index (Phi) is 8.40. The number of sulfone groups is 1. The summed E-state index contributed by atoms with van der Waals surface area (Å²) in [6, 6.07) is 8.56. The molecule has 0 radical (unpaired) electrons. The van der Waals surface area contributed by atoms with Crippen LogP contribution in [0.25, 0.3) is 0 Å². The van der Waals surface area contributed by atoms with Crippen molar-refractivity contribution in [3.8, 4) is 17.2 Å². The molecule has 0 spiro atoms. The predicted octanol–water partition coefficient (Wildman–Crippen LogP) is 2.22. The summed E-state index contributed by atoms with van der Waals surface area (Å²) in [5.41, 5.74) is 1.90. The van der Waals surface area contributed by atoms with E-state index in [-0.39, 0.29) is 10.5 Å². The summed E-state index contributed by atoms with van der Waals surface area (Å²) in [5, 5.41) is 0. The molecule has 1 fully saturated rings. The van der Waals surface area contributed by atoms with Gasteiger partial charge >= 0.3 is 5.97 Å². The lowest BCUT2D eigenvalue weighted by molar-refractivity contribution is 0.0600. The lowest BCUT2D eigenvalue weighted by atomic mass is 10.1. The fourth-order valence-electron chi connectivity index (χ4n) is 4.15. The van der Waals surface area contributed by atoms with Crippen LogP contribution in [-0.4, -0.2) is 85.1 Å². The van der Waals surface area contributed by atoms with E-state index in [9.17, 15) is 13.2 Å². The fourth-order valence-corrected chi connectivity index (χ4v) is 5.10. The standard InChI is InChI=1S/C24H32N2O7S/c1-30-20-9-8-19(22(31-2)23(20)32-3)16-26-12-10-25(11-13-26)15-18-7-6-17(24(27)33-4)14-21(18)34(5,28)29/h6-9,14H,10-13,15-16H2,1-5H3. The molecule has 0 N–H and O–H groups in total. The zero-order chi connectivity index (χ0) is 24.9. The van der Waals surface area contributed by atoms with Gasteiger partial charge in [-0.3, -0.25) is 9.80 Å². The van der Waals surface area contributed by atoms with E-state index in [4.69, 9.17) is 18.9 Å². The van der Waals surface area contributed by atoms with Gasteiger partial charge in [0.1, 0.15) is 0 Å². The summed E-state index contributed by atoms with van der Waals surface area (Å²) >= 11 is 0.